The molecule has 1 N–H and O–H groups in total. The highest BCUT2D eigenvalue weighted by Crippen LogP contribution is 2.26. The lowest BCUT2D eigenvalue weighted by atomic mass is 9.84. The molecule has 0 bridgehead atoms. The fraction of sp³-hybridized carbons (Fsp3) is 0.929. The molecule has 3 nitrogen and oxygen atoms in total. The Labute approximate surface area is 105 Å². The van der Waals surface area contributed by atoms with Gasteiger partial charge in [-0.05, 0) is 37.5 Å². The van der Waals surface area contributed by atoms with Crippen LogP contribution in [0.15, 0.2) is 0 Å². The van der Waals surface area contributed by atoms with E-state index in [4.69, 9.17) is 4.74 Å². The Hall–Kier alpha value is -0.570. The second-order valence-electron chi connectivity index (χ2n) is 5.97. The van der Waals surface area contributed by atoms with Crippen LogP contribution in [0.25, 0.3) is 0 Å². The van der Waals surface area contributed by atoms with Gasteiger partial charge in [-0.25, -0.2) is 0 Å². The van der Waals surface area contributed by atoms with Crippen LogP contribution >= 0.6 is 0 Å². The Morgan fingerprint density at radius 2 is 1.88 bits per heavy atom. The van der Waals surface area contributed by atoms with E-state index >= 15 is 0 Å². The van der Waals surface area contributed by atoms with Gasteiger partial charge in [-0.15, -0.1) is 0 Å². The molecule has 0 aromatic heterocycles. The van der Waals surface area contributed by atoms with E-state index < -0.39 is 0 Å². The molecular formula is C14H27NO2. The summed E-state index contributed by atoms with van der Waals surface area (Å²) in [6.45, 7) is 7.88. The lowest BCUT2D eigenvalue weighted by Crippen LogP contribution is -2.40. The van der Waals surface area contributed by atoms with E-state index in [-0.39, 0.29) is 11.9 Å². The predicted molar refractivity (Wildman–Crippen MR) is 69.8 cm³/mol. The quantitative estimate of drug-likeness (QED) is 0.752. The molecule has 1 fully saturated rings. The third-order valence-electron chi connectivity index (χ3n) is 4.09. The summed E-state index contributed by atoms with van der Waals surface area (Å²) in [6, 6.07) is 0.585. The third-order valence-corrected chi connectivity index (χ3v) is 4.09. The zero-order valence-corrected chi connectivity index (χ0v) is 11.7. The van der Waals surface area contributed by atoms with Gasteiger partial charge in [0.2, 0.25) is 0 Å². The van der Waals surface area contributed by atoms with Gasteiger partial charge in [0.25, 0.3) is 0 Å². The molecule has 1 saturated carbocycles. The van der Waals surface area contributed by atoms with Gasteiger partial charge in [0, 0.05) is 12.6 Å². The lowest BCUT2D eigenvalue weighted by molar-refractivity contribution is -0.146. The second kappa shape index (κ2) is 6.39. The Bertz CT molecular complexity index is 243. The molecule has 0 aliphatic heterocycles. The molecule has 100 valence electrons. The summed E-state index contributed by atoms with van der Waals surface area (Å²) >= 11 is 0. The van der Waals surface area contributed by atoms with Crippen LogP contribution in [0.1, 0.15) is 52.9 Å². The molecule has 1 rings (SSSR count). The van der Waals surface area contributed by atoms with E-state index in [1.807, 2.05) is 0 Å². The van der Waals surface area contributed by atoms with Gasteiger partial charge in [-0.2, -0.15) is 0 Å². The summed E-state index contributed by atoms with van der Waals surface area (Å²) in [7, 11) is 1.48. The number of rotatable bonds is 5. The van der Waals surface area contributed by atoms with Crippen molar-refractivity contribution in [3.63, 3.8) is 0 Å². The van der Waals surface area contributed by atoms with Gasteiger partial charge < -0.3 is 10.1 Å². The largest absolute Gasteiger partial charge is 0.469 e. The molecule has 1 aliphatic rings. The first-order chi connectivity index (χ1) is 7.98. The first-order valence-electron chi connectivity index (χ1n) is 6.79. The highest BCUT2D eigenvalue weighted by Gasteiger charge is 2.27. The van der Waals surface area contributed by atoms with Crippen LogP contribution in [-0.2, 0) is 9.53 Å². The standard InChI is InChI=1S/C14H27NO2/c1-5-14(2,3)10-15-12-8-6-11(7-9-12)13(16)17-4/h11-12,15H,5-10H2,1-4H3. The van der Waals surface area contributed by atoms with E-state index in [1.54, 1.807) is 0 Å². The van der Waals surface area contributed by atoms with Crippen molar-refractivity contribution in [1.29, 1.82) is 0 Å². The average molecular weight is 241 g/mol. The molecule has 0 aromatic carbocycles. The van der Waals surface area contributed by atoms with E-state index in [9.17, 15) is 4.79 Å². The summed E-state index contributed by atoms with van der Waals surface area (Å²) in [4.78, 5) is 11.4. The van der Waals surface area contributed by atoms with Gasteiger partial charge in [0.15, 0.2) is 0 Å². The highest BCUT2D eigenvalue weighted by molar-refractivity contribution is 5.72. The number of hydrogen-bond donors (Lipinski definition) is 1. The second-order valence-corrected chi connectivity index (χ2v) is 5.97. The maximum atomic E-state index is 11.4. The Balaban J connectivity index is 2.26. The van der Waals surface area contributed by atoms with Crippen molar-refractivity contribution in [2.75, 3.05) is 13.7 Å². The smallest absolute Gasteiger partial charge is 0.308 e. The Morgan fingerprint density at radius 1 is 1.29 bits per heavy atom. The topological polar surface area (TPSA) is 38.3 Å². The minimum atomic E-state index is -0.0302. The van der Waals surface area contributed by atoms with Gasteiger partial charge >= 0.3 is 5.97 Å². The SMILES string of the molecule is CCC(C)(C)CNC1CCC(C(=O)OC)CC1. The summed E-state index contributed by atoms with van der Waals surface area (Å²) in [5.74, 6) is 0.106. The first kappa shape index (κ1) is 14.5. The number of carbonyl (C=O) groups is 1. The number of nitrogens with one attached hydrogen (secondary N) is 1. The molecule has 0 amide bonds. The van der Waals surface area contributed by atoms with Crippen molar-refractivity contribution in [3.05, 3.63) is 0 Å². The van der Waals surface area contributed by atoms with Gasteiger partial charge in [-0.3, -0.25) is 4.79 Å². The van der Waals surface area contributed by atoms with Crippen LogP contribution in [-0.4, -0.2) is 25.7 Å². The van der Waals surface area contributed by atoms with Crippen molar-refractivity contribution in [3.8, 4) is 0 Å². The van der Waals surface area contributed by atoms with E-state index in [2.05, 4.69) is 26.1 Å². The summed E-state index contributed by atoms with van der Waals surface area (Å²) in [5, 5.41) is 3.64. The van der Waals surface area contributed by atoms with Gasteiger partial charge in [0.1, 0.15) is 0 Å². The molecule has 0 saturated heterocycles. The number of hydrogen-bond acceptors (Lipinski definition) is 3. The number of esters is 1. The van der Waals surface area contributed by atoms with Crippen molar-refractivity contribution in [2.24, 2.45) is 11.3 Å². The van der Waals surface area contributed by atoms with Crippen LogP contribution in [0.4, 0.5) is 0 Å². The molecule has 3 heteroatoms. The molecule has 0 radical (unpaired) electrons. The molecule has 0 spiro atoms. The van der Waals surface area contributed by atoms with Crippen LogP contribution in [0.5, 0.6) is 0 Å². The van der Waals surface area contributed by atoms with E-state index in [1.165, 1.54) is 13.5 Å². The van der Waals surface area contributed by atoms with Crippen LogP contribution in [0, 0.1) is 11.3 Å². The zero-order chi connectivity index (χ0) is 12.9. The molecule has 0 heterocycles. The molecule has 17 heavy (non-hydrogen) atoms. The van der Waals surface area contributed by atoms with Crippen LogP contribution in [0.2, 0.25) is 0 Å². The fourth-order valence-electron chi connectivity index (χ4n) is 2.25. The number of methoxy groups -OCH3 is 1. The molecule has 1 aliphatic carbocycles. The average Bonchev–Trinajstić information content (AvgIpc) is 2.36. The van der Waals surface area contributed by atoms with Crippen LogP contribution in [0.3, 0.4) is 0 Å². The maximum absolute atomic E-state index is 11.4. The van der Waals surface area contributed by atoms with Crippen molar-refractivity contribution >= 4 is 5.97 Å². The number of ether oxygens (including phenoxy) is 1. The zero-order valence-electron chi connectivity index (χ0n) is 11.7. The summed E-state index contributed by atoms with van der Waals surface area (Å²) < 4.78 is 4.80. The number of carbonyl (C=O) groups excluding carboxylic acids is 1. The molecule has 0 aromatic rings. The molecular weight excluding hydrogens is 214 g/mol. The van der Waals surface area contributed by atoms with Crippen molar-refractivity contribution in [1.82, 2.24) is 5.32 Å². The Kier molecular flexibility index (Phi) is 5.44. The minimum Gasteiger partial charge on any atom is -0.469 e. The normalized spacial score (nSPS) is 25.6. The minimum absolute atomic E-state index is 0.0302. The third kappa shape index (κ3) is 4.66. The maximum Gasteiger partial charge on any atom is 0.308 e. The van der Waals surface area contributed by atoms with Gasteiger partial charge in [0.05, 0.1) is 13.0 Å². The van der Waals surface area contributed by atoms with E-state index in [0.717, 1.165) is 32.2 Å². The fourth-order valence-corrected chi connectivity index (χ4v) is 2.25. The van der Waals surface area contributed by atoms with Crippen molar-refractivity contribution < 1.29 is 9.53 Å². The van der Waals surface area contributed by atoms with Gasteiger partial charge in [-0.1, -0.05) is 20.8 Å². The summed E-state index contributed by atoms with van der Waals surface area (Å²) in [6.07, 6.45) is 5.32. The van der Waals surface area contributed by atoms with E-state index in [0.29, 0.717) is 11.5 Å². The monoisotopic (exact) mass is 241 g/mol. The first-order valence-corrected chi connectivity index (χ1v) is 6.79. The molecule has 0 unspecified atom stereocenters. The summed E-state index contributed by atoms with van der Waals surface area (Å²) in [5.41, 5.74) is 0.374. The lowest BCUT2D eigenvalue weighted by Gasteiger charge is -2.31. The Morgan fingerprint density at radius 3 is 2.35 bits per heavy atom. The molecule has 0 atom stereocenters. The predicted octanol–water partition coefficient (Wildman–Crippen LogP) is 2.74. The highest BCUT2D eigenvalue weighted by atomic mass is 16.5. The van der Waals surface area contributed by atoms with Crippen LogP contribution < -0.4 is 5.32 Å². The van der Waals surface area contributed by atoms with Crippen molar-refractivity contribution in [2.45, 2.75) is 58.9 Å².